The number of rotatable bonds is 5. The molecule has 1 aliphatic rings. The van der Waals surface area contributed by atoms with Crippen LogP contribution in [0.15, 0.2) is 36.5 Å². The van der Waals surface area contributed by atoms with Crippen LogP contribution in [0.3, 0.4) is 0 Å². The van der Waals surface area contributed by atoms with Gasteiger partial charge in [-0.1, -0.05) is 35.9 Å². The van der Waals surface area contributed by atoms with E-state index in [2.05, 4.69) is 21.1 Å². The standard InChI is InChI=1S/C18H16ClF2N5/c19-16-8-14(23-18(22)24-16)13-9-26(17(20)21)25-15(13)7-11-3-1-2-4-12(11)10-5-6-10/h1-4,8-10,17H,5-7H2,(H2,22,23,24). The van der Waals surface area contributed by atoms with Gasteiger partial charge in [-0.15, -0.1) is 0 Å². The van der Waals surface area contributed by atoms with E-state index in [1.807, 2.05) is 18.2 Å². The number of benzene rings is 1. The molecular formula is C18H16ClF2N5. The average molecular weight is 376 g/mol. The van der Waals surface area contributed by atoms with Gasteiger partial charge in [-0.05, 0) is 29.9 Å². The number of anilines is 1. The first-order valence-corrected chi connectivity index (χ1v) is 8.63. The molecule has 2 aromatic heterocycles. The predicted molar refractivity (Wildman–Crippen MR) is 95.2 cm³/mol. The highest BCUT2D eigenvalue weighted by molar-refractivity contribution is 6.29. The maximum Gasteiger partial charge on any atom is 0.333 e. The van der Waals surface area contributed by atoms with Crippen LogP contribution in [-0.4, -0.2) is 19.7 Å². The van der Waals surface area contributed by atoms with Crippen LogP contribution < -0.4 is 5.73 Å². The van der Waals surface area contributed by atoms with Crippen molar-refractivity contribution in [3.05, 3.63) is 58.5 Å². The minimum absolute atomic E-state index is 0.0124. The maximum absolute atomic E-state index is 13.2. The van der Waals surface area contributed by atoms with Crippen molar-refractivity contribution in [1.82, 2.24) is 19.7 Å². The van der Waals surface area contributed by atoms with Gasteiger partial charge in [0.2, 0.25) is 5.95 Å². The topological polar surface area (TPSA) is 69.6 Å². The number of alkyl halides is 2. The molecule has 1 saturated carbocycles. The molecule has 2 N–H and O–H groups in total. The molecule has 4 rings (SSSR count). The predicted octanol–water partition coefficient (Wildman–Crippen LogP) is 4.44. The van der Waals surface area contributed by atoms with Crippen molar-refractivity contribution in [2.75, 3.05) is 5.73 Å². The molecule has 5 nitrogen and oxygen atoms in total. The van der Waals surface area contributed by atoms with Crippen LogP contribution in [0.2, 0.25) is 5.15 Å². The normalized spacial score (nSPS) is 14.2. The minimum atomic E-state index is -2.74. The Bertz CT molecular complexity index is 932. The molecule has 0 atom stereocenters. The van der Waals surface area contributed by atoms with E-state index in [0.29, 0.717) is 34.0 Å². The summed E-state index contributed by atoms with van der Waals surface area (Å²) < 4.78 is 27.1. The lowest BCUT2D eigenvalue weighted by Gasteiger charge is -2.08. The zero-order valence-electron chi connectivity index (χ0n) is 13.7. The first kappa shape index (κ1) is 16.9. The Labute approximate surface area is 153 Å². The number of halogens is 3. The van der Waals surface area contributed by atoms with Gasteiger partial charge in [0.1, 0.15) is 5.15 Å². The summed E-state index contributed by atoms with van der Waals surface area (Å²) in [6.07, 6.45) is 4.03. The number of nitrogens with zero attached hydrogens (tertiary/aromatic N) is 4. The molecule has 3 aromatic rings. The van der Waals surface area contributed by atoms with Crippen molar-refractivity contribution in [3.8, 4) is 11.3 Å². The number of hydrogen-bond acceptors (Lipinski definition) is 4. The summed E-state index contributed by atoms with van der Waals surface area (Å²) >= 11 is 5.95. The van der Waals surface area contributed by atoms with Gasteiger partial charge >= 0.3 is 6.55 Å². The SMILES string of the molecule is Nc1nc(Cl)cc(-c2cn(C(F)F)nc2Cc2ccccc2C2CC2)n1. The average Bonchev–Trinajstić information content (AvgIpc) is 3.34. The van der Waals surface area contributed by atoms with Crippen LogP contribution in [0.5, 0.6) is 0 Å². The molecule has 0 aliphatic heterocycles. The van der Waals surface area contributed by atoms with Crippen molar-refractivity contribution in [3.63, 3.8) is 0 Å². The summed E-state index contributed by atoms with van der Waals surface area (Å²) in [5, 5.41) is 4.24. The molecular weight excluding hydrogens is 360 g/mol. The van der Waals surface area contributed by atoms with Crippen molar-refractivity contribution >= 4 is 17.5 Å². The Balaban J connectivity index is 1.78. The van der Waals surface area contributed by atoms with Gasteiger partial charge in [-0.2, -0.15) is 13.9 Å². The van der Waals surface area contributed by atoms with Gasteiger partial charge in [0.25, 0.3) is 0 Å². The Morgan fingerprint density at radius 3 is 2.69 bits per heavy atom. The van der Waals surface area contributed by atoms with Crippen LogP contribution >= 0.6 is 11.6 Å². The number of nitrogens with two attached hydrogens (primary N) is 1. The fourth-order valence-corrected chi connectivity index (χ4v) is 3.30. The summed E-state index contributed by atoms with van der Waals surface area (Å²) in [6, 6.07) is 9.56. The Kier molecular flexibility index (Phi) is 4.32. The molecule has 0 unspecified atom stereocenters. The largest absolute Gasteiger partial charge is 0.368 e. The molecule has 0 radical (unpaired) electrons. The number of hydrogen-bond donors (Lipinski definition) is 1. The second-order valence-electron chi connectivity index (χ2n) is 6.33. The van der Waals surface area contributed by atoms with Crippen LogP contribution in [0.1, 0.15) is 42.1 Å². The summed E-state index contributed by atoms with van der Waals surface area (Å²) in [6.45, 7) is -2.74. The van der Waals surface area contributed by atoms with Gasteiger partial charge in [0.15, 0.2) is 0 Å². The summed E-state index contributed by atoms with van der Waals surface area (Å²) in [5.74, 6) is 0.539. The molecule has 8 heteroatoms. The van der Waals surface area contributed by atoms with Gasteiger partial charge in [0, 0.05) is 24.2 Å². The molecule has 1 fully saturated rings. The summed E-state index contributed by atoms with van der Waals surface area (Å²) in [7, 11) is 0. The first-order valence-electron chi connectivity index (χ1n) is 8.25. The molecule has 1 aliphatic carbocycles. The van der Waals surface area contributed by atoms with Crippen molar-refractivity contribution in [1.29, 1.82) is 0 Å². The number of aromatic nitrogens is 4. The smallest absolute Gasteiger partial charge is 0.333 e. The molecule has 0 saturated heterocycles. The Hall–Kier alpha value is -2.54. The Morgan fingerprint density at radius 1 is 1.23 bits per heavy atom. The second kappa shape index (κ2) is 6.64. The third-order valence-electron chi connectivity index (χ3n) is 4.43. The van der Waals surface area contributed by atoms with E-state index in [-0.39, 0.29) is 11.1 Å². The van der Waals surface area contributed by atoms with E-state index < -0.39 is 6.55 Å². The van der Waals surface area contributed by atoms with Crippen molar-refractivity contribution < 1.29 is 8.78 Å². The number of nitrogen functional groups attached to an aromatic ring is 1. The lowest BCUT2D eigenvalue weighted by Crippen LogP contribution is -2.01. The van der Waals surface area contributed by atoms with Crippen molar-refractivity contribution in [2.45, 2.75) is 31.7 Å². The fraction of sp³-hybridized carbons (Fsp3) is 0.278. The highest BCUT2D eigenvalue weighted by atomic mass is 35.5. The van der Waals surface area contributed by atoms with Crippen LogP contribution in [0.25, 0.3) is 11.3 Å². The summed E-state index contributed by atoms with van der Waals surface area (Å²) in [5.41, 5.74) is 9.37. The first-order chi connectivity index (χ1) is 12.5. The van der Waals surface area contributed by atoms with Gasteiger partial charge in [-0.25, -0.2) is 14.6 Å². The Morgan fingerprint density at radius 2 is 2.00 bits per heavy atom. The molecule has 0 amide bonds. The maximum atomic E-state index is 13.2. The van der Waals surface area contributed by atoms with Crippen LogP contribution in [0, 0.1) is 0 Å². The van der Waals surface area contributed by atoms with E-state index >= 15 is 0 Å². The molecule has 1 aromatic carbocycles. The van der Waals surface area contributed by atoms with E-state index in [1.54, 1.807) is 0 Å². The molecule has 26 heavy (non-hydrogen) atoms. The second-order valence-corrected chi connectivity index (χ2v) is 6.72. The van der Waals surface area contributed by atoms with Crippen molar-refractivity contribution in [2.24, 2.45) is 0 Å². The van der Waals surface area contributed by atoms with E-state index in [1.165, 1.54) is 17.8 Å². The monoisotopic (exact) mass is 375 g/mol. The van der Waals surface area contributed by atoms with E-state index in [4.69, 9.17) is 17.3 Å². The third kappa shape index (κ3) is 3.39. The van der Waals surface area contributed by atoms with Gasteiger partial charge in [0.05, 0.1) is 11.4 Å². The summed E-state index contributed by atoms with van der Waals surface area (Å²) in [4.78, 5) is 7.95. The molecule has 0 spiro atoms. The van der Waals surface area contributed by atoms with Gasteiger partial charge in [-0.3, -0.25) is 0 Å². The lowest BCUT2D eigenvalue weighted by atomic mass is 9.97. The quantitative estimate of drug-likeness (QED) is 0.669. The minimum Gasteiger partial charge on any atom is -0.368 e. The van der Waals surface area contributed by atoms with Crippen LogP contribution in [0.4, 0.5) is 14.7 Å². The molecule has 2 heterocycles. The third-order valence-corrected chi connectivity index (χ3v) is 4.62. The zero-order chi connectivity index (χ0) is 18.3. The highest BCUT2D eigenvalue weighted by Crippen LogP contribution is 2.42. The molecule has 0 bridgehead atoms. The lowest BCUT2D eigenvalue weighted by molar-refractivity contribution is 0.0562. The van der Waals surface area contributed by atoms with Gasteiger partial charge < -0.3 is 5.73 Å². The highest BCUT2D eigenvalue weighted by Gasteiger charge is 2.26. The zero-order valence-corrected chi connectivity index (χ0v) is 14.5. The van der Waals surface area contributed by atoms with Crippen LogP contribution in [-0.2, 0) is 6.42 Å². The van der Waals surface area contributed by atoms with E-state index in [9.17, 15) is 8.78 Å². The fourth-order valence-electron chi connectivity index (χ4n) is 3.11. The van der Waals surface area contributed by atoms with E-state index in [0.717, 1.165) is 18.4 Å². The molecule has 134 valence electrons.